The van der Waals surface area contributed by atoms with E-state index in [9.17, 15) is 4.79 Å². The second-order valence-corrected chi connectivity index (χ2v) is 3.30. The summed E-state index contributed by atoms with van der Waals surface area (Å²) in [6.45, 7) is 5.65. The first-order chi connectivity index (χ1) is 6.26. The Hall–Kier alpha value is -0.220. The minimum Gasteiger partial charge on any atom is -0.355 e. The molecule has 0 aliphatic rings. The number of thiol groups is 1. The van der Waals surface area contributed by atoms with Crippen LogP contribution in [0.1, 0.15) is 26.7 Å². The lowest BCUT2D eigenvalue weighted by molar-refractivity contribution is -0.122. The number of nitrogens with one attached hydrogen (secondary N) is 2. The van der Waals surface area contributed by atoms with E-state index >= 15 is 0 Å². The van der Waals surface area contributed by atoms with Crippen molar-refractivity contribution in [2.45, 2.75) is 32.7 Å². The molecule has 4 heteroatoms. The number of hydrogen-bond donors (Lipinski definition) is 3. The van der Waals surface area contributed by atoms with Crippen molar-refractivity contribution in [3.05, 3.63) is 0 Å². The molecule has 0 fully saturated rings. The van der Waals surface area contributed by atoms with E-state index in [4.69, 9.17) is 0 Å². The first kappa shape index (κ1) is 12.8. The van der Waals surface area contributed by atoms with Gasteiger partial charge in [0.1, 0.15) is 0 Å². The summed E-state index contributed by atoms with van der Waals surface area (Å²) in [5.74, 6) is 0.608. The lowest BCUT2D eigenvalue weighted by Gasteiger charge is -2.14. The second kappa shape index (κ2) is 8.38. The molecule has 0 aromatic carbocycles. The van der Waals surface area contributed by atoms with E-state index in [-0.39, 0.29) is 11.9 Å². The van der Waals surface area contributed by atoms with Crippen LogP contribution in [0.25, 0.3) is 0 Å². The molecule has 0 aliphatic carbocycles. The third kappa shape index (κ3) is 5.93. The number of likely N-dealkylation sites (N-methyl/N-ethyl adjacent to an activating group) is 1. The molecule has 0 saturated carbocycles. The summed E-state index contributed by atoms with van der Waals surface area (Å²) < 4.78 is 0. The molecule has 1 amide bonds. The third-order valence-corrected chi connectivity index (χ3v) is 2.14. The van der Waals surface area contributed by atoms with Crippen LogP contribution >= 0.6 is 12.6 Å². The van der Waals surface area contributed by atoms with E-state index in [2.05, 4.69) is 30.2 Å². The number of carbonyl (C=O) groups is 1. The van der Waals surface area contributed by atoms with Crippen molar-refractivity contribution in [1.82, 2.24) is 10.6 Å². The Morgan fingerprint density at radius 3 is 2.62 bits per heavy atom. The van der Waals surface area contributed by atoms with E-state index < -0.39 is 0 Å². The Labute approximate surface area is 86.1 Å². The smallest absolute Gasteiger partial charge is 0.237 e. The topological polar surface area (TPSA) is 41.1 Å². The van der Waals surface area contributed by atoms with Gasteiger partial charge in [-0.15, -0.1) is 0 Å². The van der Waals surface area contributed by atoms with Crippen LogP contribution in [0, 0.1) is 0 Å². The van der Waals surface area contributed by atoms with E-state index in [1.165, 1.54) is 0 Å². The molecular formula is C9H20N2OS. The van der Waals surface area contributed by atoms with Gasteiger partial charge in [0.05, 0.1) is 6.04 Å². The monoisotopic (exact) mass is 204 g/mol. The molecular weight excluding hydrogens is 184 g/mol. The van der Waals surface area contributed by atoms with Crippen molar-refractivity contribution in [3.8, 4) is 0 Å². The Bertz CT molecular complexity index is 142. The Morgan fingerprint density at radius 1 is 1.46 bits per heavy atom. The molecule has 0 aliphatic heterocycles. The lowest BCUT2D eigenvalue weighted by Crippen LogP contribution is -2.45. The first-order valence-electron chi connectivity index (χ1n) is 4.88. The number of carbonyl (C=O) groups excluding carboxylic acids is 1. The van der Waals surface area contributed by atoms with Gasteiger partial charge in [-0.05, 0) is 13.0 Å². The van der Waals surface area contributed by atoms with E-state index in [1.54, 1.807) is 0 Å². The van der Waals surface area contributed by atoms with Crippen molar-refractivity contribution >= 4 is 18.5 Å². The highest BCUT2D eigenvalue weighted by Crippen LogP contribution is 1.89. The SMILES string of the molecule is CCCCNC(=O)[C@H](CS)NCC. The molecule has 0 saturated heterocycles. The Morgan fingerprint density at radius 2 is 2.15 bits per heavy atom. The summed E-state index contributed by atoms with van der Waals surface area (Å²) in [5, 5.41) is 5.94. The highest BCUT2D eigenvalue weighted by Gasteiger charge is 2.13. The summed E-state index contributed by atoms with van der Waals surface area (Å²) in [4.78, 5) is 11.4. The molecule has 0 heterocycles. The molecule has 78 valence electrons. The van der Waals surface area contributed by atoms with Crippen molar-refractivity contribution in [1.29, 1.82) is 0 Å². The van der Waals surface area contributed by atoms with Crippen molar-refractivity contribution in [3.63, 3.8) is 0 Å². The van der Waals surface area contributed by atoms with Crippen LogP contribution in [0.15, 0.2) is 0 Å². The fraction of sp³-hybridized carbons (Fsp3) is 0.889. The van der Waals surface area contributed by atoms with E-state index in [1.807, 2.05) is 6.92 Å². The average molecular weight is 204 g/mol. The Balaban J connectivity index is 3.64. The zero-order valence-corrected chi connectivity index (χ0v) is 9.36. The van der Waals surface area contributed by atoms with Crippen LogP contribution in [0.4, 0.5) is 0 Å². The molecule has 2 N–H and O–H groups in total. The van der Waals surface area contributed by atoms with Crippen LogP contribution in [-0.2, 0) is 4.79 Å². The van der Waals surface area contributed by atoms with Gasteiger partial charge in [0, 0.05) is 12.3 Å². The third-order valence-electron chi connectivity index (χ3n) is 1.78. The number of hydrogen-bond acceptors (Lipinski definition) is 3. The van der Waals surface area contributed by atoms with Gasteiger partial charge in [-0.3, -0.25) is 4.79 Å². The molecule has 0 aromatic heterocycles. The number of unbranched alkanes of at least 4 members (excludes halogenated alkanes) is 1. The van der Waals surface area contributed by atoms with Gasteiger partial charge in [-0.25, -0.2) is 0 Å². The Kier molecular flexibility index (Phi) is 8.24. The average Bonchev–Trinajstić information content (AvgIpc) is 2.14. The maximum absolute atomic E-state index is 11.4. The van der Waals surface area contributed by atoms with Crippen LogP contribution in [0.5, 0.6) is 0 Å². The highest BCUT2D eigenvalue weighted by atomic mass is 32.1. The van der Waals surface area contributed by atoms with Crippen molar-refractivity contribution in [2.75, 3.05) is 18.8 Å². The van der Waals surface area contributed by atoms with Crippen molar-refractivity contribution < 1.29 is 4.79 Å². The van der Waals surface area contributed by atoms with Gasteiger partial charge in [-0.2, -0.15) is 12.6 Å². The summed E-state index contributed by atoms with van der Waals surface area (Å²) in [7, 11) is 0. The fourth-order valence-corrected chi connectivity index (χ4v) is 1.29. The summed E-state index contributed by atoms with van der Waals surface area (Å²) >= 11 is 4.11. The zero-order chi connectivity index (χ0) is 10.1. The lowest BCUT2D eigenvalue weighted by atomic mass is 10.3. The van der Waals surface area contributed by atoms with Gasteiger partial charge >= 0.3 is 0 Å². The maximum Gasteiger partial charge on any atom is 0.237 e. The molecule has 0 aromatic rings. The summed E-state index contributed by atoms with van der Waals surface area (Å²) in [5.41, 5.74) is 0. The number of rotatable bonds is 7. The maximum atomic E-state index is 11.4. The molecule has 3 nitrogen and oxygen atoms in total. The largest absolute Gasteiger partial charge is 0.355 e. The van der Waals surface area contributed by atoms with Gasteiger partial charge in [0.15, 0.2) is 0 Å². The first-order valence-corrected chi connectivity index (χ1v) is 5.51. The highest BCUT2D eigenvalue weighted by molar-refractivity contribution is 7.80. The quantitative estimate of drug-likeness (QED) is 0.424. The molecule has 0 rings (SSSR count). The van der Waals surface area contributed by atoms with Crippen molar-refractivity contribution in [2.24, 2.45) is 0 Å². The molecule has 0 bridgehead atoms. The summed E-state index contributed by atoms with van der Waals surface area (Å²) in [6.07, 6.45) is 2.14. The summed E-state index contributed by atoms with van der Waals surface area (Å²) in [6, 6.07) is -0.148. The van der Waals surface area contributed by atoms with E-state index in [0.29, 0.717) is 5.75 Å². The van der Waals surface area contributed by atoms with Gasteiger partial charge in [0.25, 0.3) is 0 Å². The normalized spacial score (nSPS) is 12.5. The standard InChI is InChI=1S/C9H20N2OS/c1-3-5-6-11-9(12)8(7-13)10-4-2/h8,10,13H,3-7H2,1-2H3,(H,11,12)/t8-/m0/s1. The molecule has 1 atom stereocenters. The second-order valence-electron chi connectivity index (χ2n) is 2.94. The molecule has 0 unspecified atom stereocenters. The van der Waals surface area contributed by atoms with E-state index in [0.717, 1.165) is 25.9 Å². The minimum atomic E-state index is -0.148. The van der Waals surface area contributed by atoms with Crippen LogP contribution in [-0.4, -0.2) is 30.8 Å². The predicted molar refractivity (Wildman–Crippen MR) is 59.2 cm³/mol. The van der Waals surface area contributed by atoms with Crippen LogP contribution in [0.3, 0.4) is 0 Å². The zero-order valence-electron chi connectivity index (χ0n) is 8.47. The minimum absolute atomic E-state index is 0.0605. The van der Waals surface area contributed by atoms with Gasteiger partial charge in [0.2, 0.25) is 5.91 Å². The molecule has 0 radical (unpaired) electrons. The van der Waals surface area contributed by atoms with Crippen LogP contribution < -0.4 is 10.6 Å². The van der Waals surface area contributed by atoms with Crippen LogP contribution in [0.2, 0.25) is 0 Å². The van der Waals surface area contributed by atoms with Gasteiger partial charge in [-0.1, -0.05) is 20.3 Å². The molecule has 0 spiro atoms. The number of amides is 1. The fourth-order valence-electron chi connectivity index (χ4n) is 0.998. The van der Waals surface area contributed by atoms with Gasteiger partial charge < -0.3 is 10.6 Å². The predicted octanol–water partition coefficient (Wildman–Crippen LogP) is 0.811. The molecule has 13 heavy (non-hydrogen) atoms.